The fourth-order valence-electron chi connectivity index (χ4n) is 4.92. The summed E-state index contributed by atoms with van der Waals surface area (Å²) in [5, 5.41) is 6.57. The van der Waals surface area contributed by atoms with Crippen molar-refractivity contribution in [1.29, 1.82) is 0 Å². The molecule has 0 unspecified atom stereocenters. The second-order valence-electron chi connectivity index (χ2n) is 12.5. The van der Waals surface area contributed by atoms with Crippen LogP contribution in [-0.4, -0.2) is 53.7 Å². The Kier molecular flexibility index (Phi) is 10.4. The second-order valence-corrected chi connectivity index (χ2v) is 18.2. The molecule has 266 valence electrons. The summed E-state index contributed by atoms with van der Waals surface area (Å²) in [6.07, 6.45) is -6.96. The van der Waals surface area contributed by atoms with E-state index >= 15 is 4.39 Å². The topological polar surface area (TPSA) is 100 Å². The maximum Gasteiger partial charge on any atom is 0.423 e. The van der Waals surface area contributed by atoms with E-state index in [1.807, 2.05) is 0 Å². The second kappa shape index (κ2) is 15.2. The van der Waals surface area contributed by atoms with Gasteiger partial charge in [-0.2, -0.15) is 31.4 Å². The molecule has 9 nitrogen and oxygen atoms in total. The van der Waals surface area contributed by atoms with E-state index in [9.17, 15) is 35.9 Å². The largest absolute Gasteiger partial charge is 0.423 e. The molecule has 0 bridgehead atoms. The lowest BCUT2D eigenvalue weighted by molar-refractivity contribution is -0.139. The van der Waals surface area contributed by atoms with Crippen molar-refractivity contribution in [3.8, 4) is 11.3 Å². The van der Waals surface area contributed by atoms with Gasteiger partial charge >= 0.3 is 12.4 Å². The molecule has 0 fully saturated rings. The average molecular weight is 719 g/mol. The summed E-state index contributed by atoms with van der Waals surface area (Å²) in [6.45, 7) is 5.34. The van der Waals surface area contributed by atoms with Crippen LogP contribution in [0.25, 0.3) is 22.0 Å². The van der Waals surface area contributed by atoms with Gasteiger partial charge in [-0.15, -0.1) is 0 Å². The van der Waals surface area contributed by atoms with Gasteiger partial charge in [0.25, 0.3) is 11.1 Å². The van der Waals surface area contributed by atoms with Crippen LogP contribution in [0.5, 0.6) is 0 Å². The zero-order chi connectivity index (χ0) is 38.6. The van der Waals surface area contributed by atoms with Crippen molar-refractivity contribution in [2.24, 2.45) is 0 Å². The number of aryl methyl sites for hydroxylation is 1. The monoisotopic (exact) mass is 718 g/mol. The molecule has 0 aliphatic heterocycles. The minimum atomic E-state index is -5.12. The summed E-state index contributed by atoms with van der Waals surface area (Å²) in [5.41, 5.74) is -5.58. The van der Waals surface area contributed by atoms with Crippen molar-refractivity contribution >= 4 is 24.5 Å². The van der Waals surface area contributed by atoms with E-state index in [1.54, 1.807) is 0 Å². The number of aromatic nitrogens is 4. The number of pyridine rings is 2. The molecule has 1 aromatic carbocycles. The maximum absolute atomic E-state index is 15.1. The Balaban J connectivity index is 1.53. The van der Waals surface area contributed by atoms with E-state index in [2.05, 4.69) is 35.0 Å². The Morgan fingerprint density at radius 3 is 2.41 bits per heavy atom. The third-order valence-corrected chi connectivity index (χ3v) is 9.27. The first kappa shape index (κ1) is 33.4. The summed E-state index contributed by atoms with van der Waals surface area (Å²) in [6, 6.07) is 5.07. The van der Waals surface area contributed by atoms with E-state index in [0.717, 1.165) is 24.4 Å². The quantitative estimate of drug-likeness (QED) is 0.0851. The third kappa shape index (κ3) is 9.76. The fourth-order valence-corrected chi connectivity index (χ4v) is 5.67. The molecule has 1 N–H and O–H groups in total. The van der Waals surface area contributed by atoms with Crippen molar-refractivity contribution in [2.75, 3.05) is 25.6 Å². The molecule has 49 heavy (non-hydrogen) atoms. The van der Waals surface area contributed by atoms with Crippen molar-refractivity contribution in [1.82, 2.24) is 19.3 Å². The molecule has 0 saturated heterocycles. The average Bonchev–Trinajstić information content (AvgIpc) is 3.02. The Labute approximate surface area is 281 Å². The van der Waals surface area contributed by atoms with Crippen molar-refractivity contribution in [3.05, 3.63) is 86.6 Å². The van der Waals surface area contributed by atoms with E-state index < -0.39 is 80.6 Å². The molecule has 17 heteroatoms. The number of nitrogens with zero attached hydrogens (tertiary/aromatic N) is 4. The summed E-state index contributed by atoms with van der Waals surface area (Å²) in [4.78, 5) is 29.8. The van der Waals surface area contributed by atoms with Crippen LogP contribution in [0.4, 0.5) is 36.4 Å². The van der Waals surface area contributed by atoms with Gasteiger partial charge in [0.15, 0.2) is 0 Å². The third-order valence-electron chi connectivity index (χ3n) is 7.56. The fraction of sp³-hybridized carbons (Fsp3) is 0.438. The molecule has 4 aromatic rings. The number of hydrogen-bond donors (Lipinski definition) is 1. The lowest BCUT2D eigenvalue weighted by atomic mass is 10.0. The minimum Gasteiger partial charge on any atom is -0.383 e. The number of methoxy groups -OCH3 is 1. The van der Waals surface area contributed by atoms with Gasteiger partial charge in [-0.25, -0.2) is 9.07 Å². The van der Waals surface area contributed by atoms with Crippen LogP contribution in [-0.2, 0) is 35.1 Å². The Hall–Kier alpha value is -4.09. The smallest absolute Gasteiger partial charge is 0.383 e. The minimum absolute atomic E-state index is 0.0364. The predicted molar refractivity (Wildman–Crippen MR) is 173 cm³/mol. The van der Waals surface area contributed by atoms with Crippen molar-refractivity contribution in [2.45, 2.75) is 70.2 Å². The lowest BCUT2D eigenvalue weighted by Crippen LogP contribution is -2.35. The number of alkyl halides is 6. The van der Waals surface area contributed by atoms with E-state index in [4.69, 9.17) is 13.6 Å². The zero-order valence-corrected chi connectivity index (χ0v) is 27.7. The van der Waals surface area contributed by atoms with E-state index in [0.29, 0.717) is 16.9 Å². The molecule has 0 saturated carbocycles. The molecule has 0 radical (unpaired) electrons. The highest BCUT2D eigenvalue weighted by molar-refractivity contribution is 6.76. The number of nitrogens with one attached hydrogen (secondary N) is 1. The molecule has 0 aliphatic rings. The molecule has 0 amide bonds. The molecule has 4 rings (SSSR count). The lowest BCUT2D eigenvalue weighted by Gasteiger charge is -2.22. The molecular weight excluding hydrogens is 679 g/mol. The highest BCUT2D eigenvalue weighted by Crippen LogP contribution is 2.33. The molecule has 1 atom stereocenters. The number of ether oxygens (including phenoxy) is 2. The Morgan fingerprint density at radius 1 is 1.02 bits per heavy atom. The summed E-state index contributed by atoms with van der Waals surface area (Å²) < 4.78 is 130. The van der Waals surface area contributed by atoms with Gasteiger partial charge in [-0.05, 0) is 54.6 Å². The van der Waals surface area contributed by atoms with E-state index in [-0.39, 0.29) is 48.0 Å². The van der Waals surface area contributed by atoms with Gasteiger partial charge in [0.05, 0.1) is 39.2 Å². The Morgan fingerprint density at radius 2 is 1.78 bits per heavy atom. The first-order valence-electron chi connectivity index (χ1n) is 16.6. The predicted octanol–water partition coefficient (Wildman–Crippen LogP) is 7.02. The van der Waals surface area contributed by atoms with Gasteiger partial charge < -0.3 is 19.4 Å². The van der Waals surface area contributed by atoms with Gasteiger partial charge in [0.2, 0.25) is 0 Å². The van der Waals surface area contributed by atoms with Crippen LogP contribution in [0.15, 0.2) is 58.5 Å². The highest BCUT2D eigenvalue weighted by atomic mass is 28.3. The van der Waals surface area contributed by atoms with Crippen LogP contribution in [0.1, 0.15) is 28.1 Å². The Bertz CT molecular complexity index is 1980. The first-order chi connectivity index (χ1) is 24.0. The van der Waals surface area contributed by atoms with Gasteiger partial charge in [-0.3, -0.25) is 14.6 Å². The normalized spacial score (nSPS) is 14.4. The number of rotatable bonds is 14. The number of anilines is 1. The summed E-state index contributed by atoms with van der Waals surface area (Å²) in [5.74, 6) is -0.908. The van der Waals surface area contributed by atoms with Crippen molar-refractivity contribution < 1.29 is 44.3 Å². The molecular formula is C32H36F7N5O4Si. The van der Waals surface area contributed by atoms with Crippen LogP contribution in [0.2, 0.25) is 25.7 Å². The molecule has 3 heterocycles. The number of fused-ring (bicyclic) bond motifs is 1. The standard InChI is InChI=1S/C32H36F7N5O4Si/c1-47-18-22(42-27-17-41-44(19-48-12-13-49(2,3)4)30(46)28(27)32(37,38)39)6-5-10-43-11-9-20-14-24(25(33)15-23(20)29(43)45)26-8-7-21(16-40-26)31(34,35)36/h7-9,11,14-17,22,42H,5-6,10,12-13,18-19H2,1-4H3/t22-/m1/s1/i1D3. The van der Waals surface area contributed by atoms with Gasteiger partial charge in [-0.1, -0.05) is 19.6 Å². The van der Waals surface area contributed by atoms with Crippen molar-refractivity contribution in [3.63, 3.8) is 0 Å². The number of benzene rings is 1. The number of hydrogen-bond acceptors (Lipinski definition) is 7. The maximum atomic E-state index is 15.1. The van der Waals surface area contributed by atoms with Crippen LogP contribution in [0, 0.1) is 5.82 Å². The summed E-state index contributed by atoms with van der Waals surface area (Å²) in [7, 11) is -4.40. The van der Waals surface area contributed by atoms with Crippen LogP contribution >= 0.6 is 0 Å². The van der Waals surface area contributed by atoms with Crippen LogP contribution in [0.3, 0.4) is 0 Å². The number of halogens is 7. The molecule has 0 aliphatic carbocycles. The summed E-state index contributed by atoms with van der Waals surface area (Å²) >= 11 is 0. The zero-order valence-electron chi connectivity index (χ0n) is 29.7. The molecule has 3 aromatic heterocycles. The van der Waals surface area contributed by atoms with E-state index in [1.165, 1.54) is 22.9 Å². The highest BCUT2D eigenvalue weighted by Gasteiger charge is 2.39. The molecule has 0 spiro atoms. The van der Waals surface area contributed by atoms with Gasteiger partial charge in [0.1, 0.15) is 18.1 Å². The SMILES string of the molecule is [2H]C([2H])([2H])OC[C@@H](CCCn1ccc2cc(-c3ccc(C(F)(F)F)cn3)c(F)cc2c1=O)Nc1cnn(COCC[Si](C)(C)C)c(=O)c1C(F)(F)F. The first-order valence-corrected chi connectivity index (χ1v) is 18.8. The van der Waals surface area contributed by atoms with Crippen LogP contribution < -0.4 is 16.4 Å². The van der Waals surface area contributed by atoms with Gasteiger partial charge in [0, 0.05) is 52.3 Å².